The lowest BCUT2D eigenvalue weighted by Gasteiger charge is -2.53. The highest BCUT2D eigenvalue weighted by Crippen LogP contribution is 2.51. The predicted octanol–water partition coefficient (Wildman–Crippen LogP) is 5.00. The summed E-state index contributed by atoms with van der Waals surface area (Å²) in [5.74, 6) is 6.44. The van der Waals surface area contributed by atoms with E-state index >= 15 is 0 Å². The van der Waals surface area contributed by atoms with Gasteiger partial charge in [0.25, 0.3) is 0 Å². The predicted molar refractivity (Wildman–Crippen MR) is 132 cm³/mol. The minimum Gasteiger partial charge on any atom is -0.481 e. The second-order valence-electron chi connectivity index (χ2n) is 10.4. The normalized spacial score (nSPS) is 23.5. The minimum absolute atomic E-state index is 0.0127. The zero-order chi connectivity index (χ0) is 24.6. The van der Waals surface area contributed by atoms with Gasteiger partial charge >= 0.3 is 12.0 Å². The first-order valence-corrected chi connectivity index (χ1v) is 12.2. The summed E-state index contributed by atoms with van der Waals surface area (Å²) >= 11 is 0. The highest BCUT2D eigenvalue weighted by atomic mass is 16.5. The molecule has 2 aromatic carbocycles. The maximum atomic E-state index is 11.2. The molecule has 0 spiro atoms. The number of hydrazine groups is 1. The van der Waals surface area contributed by atoms with E-state index in [1.165, 1.54) is 10.6 Å². The lowest BCUT2D eigenvalue weighted by Crippen LogP contribution is -2.54. The highest BCUT2D eigenvalue weighted by Gasteiger charge is 2.51. The van der Waals surface area contributed by atoms with Crippen molar-refractivity contribution >= 4 is 17.7 Å². The van der Waals surface area contributed by atoms with Crippen LogP contribution in [0.15, 0.2) is 52.9 Å². The van der Waals surface area contributed by atoms with E-state index in [9.17, 15) is 9.90 Å². The number of aromatic nitrogens is 2. The fourth-order valence-corrected chi connectivity index (χ4v) is 5.35. The van der Waals surface area contributed by atoms with Crippen LogP contribution in [0.3, 0.4) is 0 Å². The maximum Gasteiger partial charge on any atom is 0.337 e. The van der Waals surface area contributed by atoms with Crippen LogP contribution in [0.4, 0.5) is 11.7 Å². The Kier molecular flexibility index (Phi) is 6.11. The van der Waals surface area contributed by atoms with Crippen molar-refractivity contribution in [3.63, 3.8) is 0 Å². The number of fused-ring (bicyclic) bond motifs is 3. The standard InChI is InChI=1S/C27H32N4O4/c1-18(2)15-23-29-30-25(35-23)31(28)22-9-5-20(6-10-22)19-3-7-21(8-4-19)26-11-13-27(14-12-26,34-17-26)16-24(32)33/h3-10,18H,11-17,28H2,1-2H3,(H,32,33). The third kappa shape index (κ3) is 4.68. The number of nitrogens with two attached hydrogens (primary N) is 1. The molecular weight excluding hydrogens is 444 g/mol. The average molecular weight is 477 g/mol. The van der Waals surface area contributed by atoms with E-state index < -0.39 is 11.6 Å². The molecule has 3 fully saturated rings. The molecule has 0 atom stereocenters. The smallest absolute Gasteiger partial charge is 0.337 e. The quantitative estimate of drug-likeness (QED) is 0.345. The van der Waals surface area contributed by atoms with Crippen LogP contribution >= 0.6 is 0 Å². The molecule has 1 aromatic heterocycles. The monoisotopic (exact) mass is 476 g/mol. The fraction of sp³-hybridized carbons (Fsp3) is 0.444. The number of carboxylic acid groups (broad SMARTS) is 1. The van der Waals surface area contributed by atoms with Crippen molar-refractivity contribution in [1.82, 2.24) is 10.2 Å². The number of carboxylic acids is 1. The minimum atomic E-state index is -0.777. The molecule has 0 amide bonds. The molecule has 3 heterocycles. The molecule has 3 aliphatic rings. The molecule has 2 bridgehead atoms. The summed E-state index contributed by atoms with van der Waals surface area (Å²) in [5, 5.41) is 18.8. The number of benzene rings is 2. The first-order chi connectivity index (χ1) is 16.8. The second kappa shape index (κ2) is 9.09. The summed E-state index contributed by atoms with van der Waals surface area (Å²) in [6.07, 6.45) is 4.36. The molecule has 1 aliphatic carbocycles. The maximum absolute atomic E-state index is 11.2. The SMILES string of the molecule is CC(C)Cc1nnc(N(N)c2ccc(-c3ccc(C45CCC(CC(=O)O)(CC4)OC5)cc3)cc2)o1. The van der Waals surface area contributed by atoms with Gasteiger partial charge in [-0.1, -0.05) is 55.3 Å². The van der Waals surface area contributed by atoms with Gasteiger partial charge in [0, 0.05) is 11.8 Å². The Labute approximate surface area is 205 Å². The molecule has 8 nitrogen and oxygen atoms in total. The Balaban J connectivity index is 1.26. The highest BCUT2D eigenvalue weighted by molar-refractivity contribution is 5.69. The van der Waals surface area contributed by atoms with E-state index in [0.29, 0.717) is 24.8 Å². The molecule has 35 heavy (non-hydrogen) atoms. The van der Waals surface area contributed by atoms with E-state index in [-0.39, 0.29) is 17.9 Å². The molecule has 2 saturated heterocycles. The van der Waals surface area contributed by atoms with Crippen molar-refractivity contribution in [2.45, 2.75) is 63.4 Å². The number of ether oxygens (including phenoxy) is 1. The van der Waals surface area contributed by atoms with Gasteiger partial charge in [0.15, 0.2) is 0 Å². The van der Waals surface area contributed by atoms with Gasteiger partial charge in [0.1, 0.15) is 0 Å². The van der Waals surface area contributed by atoms with Gasteiger partial charge in [-0.3, -0.25) is 4.79 Å². The summed E-state index contributed by atoms with van der Waals surface area (Å²) in [4.78, 5) is 11.2. The van der Waals surface area contributed by atoms with Gasteiger partial charge in [-0.25, -0.2) is 10.9 Å². The Morgan fingerprint density at radius 3 is 2.20 bits per heavy atom. The average Bonchev–Trinajstić information content (AvgIpc) is 3.32. The number of nitrogens with zero attached hydrogens (tertiary/aromatic N) is 3. The molecule has 3 N–H and O–H groups in total. The summed E-state index contributed by atoms with van der Waals surface area (Å²) in [7, 11) is 0. The molecule has 1 saturated carbocycles. The molecule has 184 valence electrons. The van der Waals surface area contributed by atoms with Gasteiger partial charge in [-0.2, -0.15) is 0 Å². The fourth-order valence-electron chi connectivity index (χ4n) is 5.35. The van der Waals surface area contributed by atoms with Crippen LogP contribution in [0.5, 0.6) is 0 Å². The van der Waals surface area contributed by atoms with Gasteiger partial charge in [-0.05, 0) is 60.4 Å². The first kappa shape index (κ1) is 23.5. The van der Waals surface area contributed by atoms with Crippen molar-refractivity contribution in [3.8, 4) is 11.1 Å². The van der Waals surface area contributed by atoms with Gasteiger partial charge in [0.2, 0.25) is 5.89 Å². The Hall–Kier alpha value is -3.23. The summed E-state index contributed by atoms with van der Waals surface area (Å²) in [5.41, 5.74) is 3.75. The number of rotatable bonds is 8. The lowest BCUT2D eigenvalue weighted by atomic mass is 9.62. The molecular formula is C27H32N4O4. The van der Waals surface area contributed by atoms with Crippen LogP contribution in [0.25, 0.3) is 11.1 Å². The number of anilines is 2. The molecule has 0 unspecified atom stereocenters. The van der Waals surface area contributed by atoms with Gasteiger partial charge in [0.05, 0.1) is 24.3 Å². The molecule has 0 radical (unpaired) electrons. The van der Waals surface area contributed by atoms with E-state index in [0.717, 1.165) is 42.5 Å². The molecule has 3 aromatic rings. The lowest BCUT2D eigenvalue weighted by molar-refractivity contribution is -0.174. The Bertz CT molecular complexity index is 1160. The Morgan fingerprint density at radius 1 is 1.03 bits per heavy atom. The van der Waals surface area contributed by atoms with E-state index in [2.05, 4.69) is 48.3 Å². The van der Waals surface area contributed by atoms with Crippen molar-refractivity contribution < 1.29 is 19.1 Å². The van der Waals surface area contributed by atoms with Crippen LogP contribution in [0.1, 0.15) is 57.4 Å². The zero-order valence-corrected chi connectivity index (χ0v) is 20.2. The van der Waals surface area contributed by atoms with Crippen LogP contribution in [-0.4, -0.2) is 33.5 Å². The van der Waals surface area contributed by atoms with Crippen LogP contribution in [0, 0.1) is 5.92 Å². The summed E-state index contributed by atoms with van der Waals surface area (Å²) in [6.45, 7) is 4.79. The zero-order valence-electron chi connectivity index (χ0n) is 20.2. The van der Waals surface area contributed by atoms with E-state index in [1.54, 1.807) is 0 Å². The van der Waals surface area contributed by atoms with Crippen molar-refractivity contribution in [2.75, 3.05) is 11.6 Å². The molecule has 8 heteroatoms. The number of hydrogen-bond donors (Lipinski definition) is 2. The summed E-state index contributed by atoms with van der Waals surface area (Å²) in [6, 6.07) is 16.9. The third-order valence-electron chi connectivity index (χ3n) is 7.47. The number of carbonyl (C=O) groups is 1. The summed E-state index contributed by atoms with van der Waals surface area (Å²) < 4.78 is 11.8. The van der Waals surface area contributed by atoms with Gasteiger partial charge in [-0.15, -0.1) is 5.10 Å². The molecule has 6 rings (SSSR count). The first-order valence-electron chi connectivity index (χ1n) is 12.2. The number of hydrogen-bond acceptors (Lipinski definition) is 7. The van der Waals surface area contributed by atoms with Crippen LogP contribution < -0.4 is 10.9 Å². The Morgan fingerprint density at radius 2 is 1.66 bits per heavy atom. The molecule has 2 aliphatic heterocycles. The van der Waals surface area contributed by atoms with Crippen molar-refractivity contribution in [3.05, 3.63) is 60.0 Å². The van der Waals surface area contributed by atoms with Crippen LogP contribution in [0.2, 0.25) is 0 Å². The third-order valence-corrected chi connectivity index (χ3v) is 7.47. The van der Waals surface area contributed by atoms with Gasteiger partial charge < -0.3 is 14.3 Å². The number of aliphatic carboxylic acids is 1. The van der Waals surface area contributed by atoms with E-state index in [4.69, 9.17) is 15.0 Å². The second-order valence-corrected chi connectivity index (χ2v) is 10.4. The van der Waals surface area contributed by atoms with Crippen LogP contribution in [-0.2, 0) is 21.4 Å². The largest absolute Gasteiger partial charge is 0.481 e. The van der Waals surface area contributed by atoms with E-state index in [1.807, 2.05) is 24.3 Å². The topological polar surface area (TPSA) is 115 Å². The van der Waals surface area contributed by atoms with Crippen molar-refractivity contribution in [1.29, 1.82) is 0 Å². The van der Waals surface area contributed by atoms with Crippen molar-refractivity contribution in [2.24, 2.45) is 11.8 Å².